The molecule has 2 aromatic rings. The number of nitrogens with one attached hydrogen (secondary N) is 2. The summed E-state index contributed by atoms with van der Waals surface area (Å²) in [6.45, 7) is 5.90. The van der Waals surface area contributed by atoms with E-state index in [-0.39, 0.29) is 29.7 Å². The summed E-state index contributed by atoms with van der Waals surface area (Å²) in [5.74, 6) is -0.0319. The zero-order valence-electron chi connectivity index (χ0n) is 17.6. The zero-order valence-corrected chi connectivity index (χ0v) is 17.6. The van der Waals surface area contributed by atoms with Crippen LogP contribution in [0.4, 0.5) is 0 Å². The number of amides is 2. The van der Waals surface area contributed by atoms with Crippen molar-refractivity contribution >= 4 is 11.8 Å². The Morgan fingerprint density at radius 3 is 2.31 bits per heavy atom. The number of carbonyl (C=O) groups excluding carboxylic acids is 2. The fourth-order valence-corrected chi connectivity index (χ4v) is 3.90. The molecule has 0 spiro atoms. The van der Waals surface area contributed by atoms with Crippen molar-refractivity contribution in [1.82, 2.24) is 20.2 Å². The summed E-state index contributed by atoms with van der Waals surface area (Å²) in [4.78, 5) is 29.6. The van der Waals surface area contributed by atoms with Crippen molar-refractivity contribution in [2.45, 2.75) is 65.0 Å². The van der Waals surface area contributed by atoms with Crippen LogP contribution >= 0.6 is 0 Å². The first kappa shape index (κ1) is 21.1. The van der Waals surface area contributed by atoms with Crippen LogP contribution in [0.1, 0.15) is 64.5 Å². The van der Waals surface area contributed by atoms with Gasteiger partial charge in [0.1, 0.15) is 6.04 Å². The van der Waals surface area contributed by atoms with Gasteiger partial charge >= 0.3 is 0 Å². The molecule has 1 aromatic carbocycles. The molecule has 2 atom stereocenters. The number of carbonyl (C=O) groups is 2. The van der Waals surface area contributed by atoms with Crippen LogP contribution in [0.3, 0.4) is 0 Å². The van der Waals surface area contributed by atoms with Crippen LogP contribution in [0.15, 0.2) is 43.0 Å². The molecular weight excluding hydrogens is 364 g/mol. The molecule has 1 fully saturated rings. The Hall–Kier alpha value is -2.63. The minimum atomic E-state index is -0.517. The van der Waals surface area contributed by atoms with Gasteiger partial charge in [0, 0.05) is 24.0 Å². The van der Waals surface area contributed by atoms with Gasteiger partial charge in [-0.05, 0) is 43.4 Å². The second-order valence-corrected chi connectivity index (χ2v) is 8.36. The van der Waals surface area contributed by atoms with Crippen LogP contribution in [-0.4, -0.2) is 27.4 Å². The molecule has 1 saturated carbocycles. The lowest BCUT2D eigenvalue weighted by molar-refractivity contribution is -0.133. The highest BCUT2D eigenvalue weighted by Crippen LogP contribution is 2.24. The lowest BCUT2D eigenvalue weighted by Gasteiger charge is -2.27. The van der Waals surface area contributed by atoms with E-state index in [1.165, 1.54) is 6.42 Å². The van der Waals surface area contributed by atoms with Crippen molar-refractivity contribution in [1.29, 1.82) is 0 Å². The first-order valence-corrected chi connectivity index (χ1v) is 10.6. The third-order valence-corrected chi connectivity index (χ3v) is 5.78. The average Bonchev–Trinajstić information content (AvgIpc) is 3.27. The summed E-state index contributed by atoms with van der Waals surface area (Å²) in [6, 6.07) is 7.36. The van der Waals surface area contributed by atoms with Gasteiger partial charge in [0.25, 0.3) is 0 Å². The molecule has 1 heterocycles. The third-order valence-electron chi connectivity index (χ3n) is 5.78. The molecule has 2 amide bonds. The molecule has 156 valence electrons. The van der Waals surface area contributed by atoms with Crippen LogP contribution in [0, 0.1) is 11.8 Å². The smallest absolute Gasteiger partial charge is 0.243 e. The van der Waals surface area contributed by atoms with E-state index in [9.17, 15) is 9.59 Å². The predicted octanol–water partition coefficient (Wildman–Crippen LogP) is 3.77. The highest BCUT2D eigenvalue weighted by Gasteiger charge is 2.29. The molecule has 0 unspecified atom stereocenters. The van der Waals surface area contributed by atoms with Crippen LogP contribution < -0.4 is 10.6 Å². The van der Waals surface area contributed by atoms with E-state index in [2.05, 4.69) is 15.6 Å². The topological polar surface area (TPSA) is 76.0 Å². The van der Waals surface area contributed by atoms with E-state index >= 15 is 0 Å². The van der Waals surface area contributed by atoms with E-state index in [0.717, 1.165) is 36.9 Å². The average molecular weight is 397 g/mol. The van der Waals surface area contributed by atoms with Crippen molar-refractivity contribution in [3.63, 3.8) is 0 Å². The number of imidazole rings is 1. The van der Waals surface area contributed by atoms with Gasteiger partial charge in [-0.15, -0.1) is 0 Å². The van der Waals surface area contributed by atoms with Gasteiger partial charge in [-0.1, -0.05) is 45.2 Å². The number of aromatic nitrogens is 2. The number of hydrogen-bond donors (Lipinski definition) is 2. The fraction of sp³-hybridized carbons (Fsp3) is 0.522. The molecule has 6 heteroatoms. The summed E-state index contributed by atoms with van der Waals surface area (Å²) in [5, 5.41) is 6.08. The minimum absolute atomic E-state index is 0.0240. The molecule has 2 N–H and O–H groups in total. The van der Waals surface area contributed by atoms with Gasteiger partial charge in [0.15, 0.2) is 0 Å². The van der Waals surface area contributed by atoms with E-state index in [0.29, 0.717) is 0 Å². The lowest BCUT2D eigenvalue weighted by atomic mass is 9.88. The van der Waals surface area contributed by atoms with Gasteiger partial charge in [0.05, 0.1) is 12.4 Å². The number of nitrogens with zero attached hydrogens (tertiary/aromatic N) is 2. The molecule has 0 bridgehead atoms. The number of benzene rings is 1. The maximum absolute atomic E-state index is 12.9. The molecule has 1 aromatic heterocycles. The molecule has 0 saturated heterocycles. The largest absolute Gasteiger partial charge is 0.348 e. The Balaban J connectivity index is 1.60. The molecule has 0 radical (unpaired) electrons. The quantitative estimate of drug-likeness (QED) is 0.748. The molecule has 1 aliphatic carbocycles. The van der Waals surface area contributed by atoms with E-state index < -0.39 is 6.04 Å². The highest BCUT2D eigenvalue weighted by molar-refractivity contribution is 5.89. The Morgan fingerprint density at radius 2 is 1.72 bits per heavy atom. The van der Waals surface area contributed by atoms with E-state index in [1.54, 1.807) is 12.5 Å². The molecule has 1 aliphatic rings. The molecule has 3 rings (SSSR count). The Kier molecular flexibility index (Phi) is 7.07. The van der Waals surface area contributed by atoms with Gasteiger partial charge in [-0.3, -0.25) is 9.59 Å². The van der Waals surface area contributed by atoms with Crippen molar-refractivity contribution in [3.8, 4) is 5.69 Å². The number of rotatable bonds is 7. The molecule has 6 nitrogen and oxygen atoms in total. The normalized spacial score (nSPS) is 17.0. The zero-order chi connectivity index (χ0) is 20.8. The van der Waals surface area contributed by atoms with E-state index in [4.69, 9.17) is 0 Å². The van der Waals surface area contributed by atoms with Gasteiger partial charge in [0.2, 0.25) is 11.8 Å². The third kappa shape index (κ3) is 5.46. The summed E-state index contributed by atoms with van der Waals surface area (Å²) < 4.78 is 1.93. The number of hydrogen-bond acceptors (Lipinski definition) is 3. The maximum atomic E-state index is 12.9. The lowest BCUT2D eigenvalue weighted by Crippen LogP contribution is -2.51. The van der Waals surface area contributed by atoms with Gasteiger partial charge < -0.3 is 15.2 Å². The standard InChI is InChI=1S/C23H32N4O2/c1-16(2)21(26-22(28)19-7-5-4-6-8-19)23(29)25-17(3)18-9-11-20(12-10-18)27-14-13-24-15-27/h9-17,19,21H,4-8H2,1-3H3,(H,25,29)(H,26,28)/t17-,21-/m1/s1. The molecule has 0 aliphatic heterocycles. The SMILES string of the molecule is CC(C)[C@@H](NC(=O)C1CCCCC1)C(=O)N[C@H](C)c1ccc(-n2ccnc2)cc1. The first-order chi connectivity index (χ1) is 14.0. The highest BCUT2D eigenvalue weighted by atomic mass is 16.2. The summed E-state index contributed by atoms with van der Waals surface area (Å²) in [7, 11) is 0. The van der Waals surface area contributed by atoms with Crippen LogP contribution in [0.25, 0.3) is 5.69 Å². The maximum Gasteiger partial charge on any atom is 0.243 e. The van der Waals surface area contributed by atoms with Crippen molar-refractivity contribution in [2.75, 3.05) is 0 Å². The Bertz CT molecular complexity index is 793. The minimum Gasteiger partial charge on any atom is -0.348 e. The molecular formula is C23H32N4O2. The predicted molar refractivity (Wildman–Crippen MR) is 113 cm³/mol. The summed E-state index contributed by atoms with van der Waals surface area (Å²) in [5.41, 5.74) is 2.04. The summed E-state index contributed by atoms with van der Waals surface area (Å²) >= 11 is 0. The Labute approximate surface area is 173 Å². The van der Waals surface area contributed by atoms with E-state index in [1.807, 2.05) is 55.8 Å². The first-order valence-electron chi connectivity index (χ1n) is 10.6. The molecule has 29 heavy (non-hydrogen) atoms. The van der Waals surface area contributed by atoms with Crippen LogP contribution in [0.2, 0.25) is 0 Å². The summed E-state index contributed by atoms with van der Waals surface area (Å²) in [6.07, 6.45) is 10.6. The van der Waals surface area contributed by atoms with Crippen molar-refractivity contribution in [2.24, 2.45) is 11.8 Å². The van der Waals surface area contributed by atoms with Gasteiger partial charge in [-0.25, -0.2) is 4.98 Å². The van der Waals surface area contributed by atoms with Crippen molar-refractivity contribution in [3.05, 3.63) is 48.5 Å². The monoisotopic (exact) mass is 396 g/mol. The van der Waals surface area contributed by atoms with Gasteiger partial charge in [-0.2, -0.15) is 0 Å². The fourth-order valence-electron chi connectivity index (χ4n) is 3.90. The second-order valence-electron chi connectivity index (χ2n) is 8.36. The van der Waals surface area contributed by atoms with Crippen molar-refractivity contribution < 1.29 is 9.59 Å². The Morgan fingerprint density at radius 1 is 1.03 bits per heavy atom. The van der Waals surface area contributed by atoms with Crippen LogP contribution in [-0.2, 0) is 9.59 Å². The second kappa shape index (κ2) is 9.72. The van der Waals surface area contributed by atoms with Crippen LogP contribution in [0.5, 0.6) is 0 Å².